The molecule has 0 unspecified atom stereocenters. The third-order valence-electron chi connectivity index (χ3n) is 2.86. The highest BCUT2D eigenvalue weighted by atomic mass is 35.5. The van der Waals surface area contributed by atoms with Crippen LogP contribution in [0.4, 0.5) is 10.1 Å². The number of halogens is 2. The second kappa shape index (κ2) is 5.00. The first kappa shape index (κ1) is 13.5. The largest absolute Gasteiger partial charge is 0.303 e. The minimum absolute atomic E-state index is 0.257. The van der Waals surface area contributed by atoms with E-state index in [0.717, 1.165) is 0 Å². The molecule has 1 heterocycles. The summed E-state index contributed by atoms with van der Waals surface area (Å²) in [5, 5.41) is 0. The molecule has 1 saturated heterocycles. The van der Waals surface area contributed by atoms with Gasteiger partial charge in [-0.1, -0.05) is 6.07 Å². The monoisotopic (exact) mass is 293 g/mol. The fourth-order valence-corrected chi connectivity index (χ4v) is 3.39. The number of benzene rings is 1. The lowest BCUT2D eigenvalue weighted by atomic mass is 10.1. The summed E-state index contributed by atoms with van der Waals surface area (Å²) >= 11 is 5.43. The second-order valence-electron chi connectivity index (χ2n) is 3.98. The van der Waals surface area contributed by atoms with Gasteiger partial charge in [0.2, 0.25) is 0 Å². The topological polar surface area (TPSA) is 52.6 Å². The van der Waals surface area contributed by atoms with E-state index in [0.29, 0.717) is 24.3 Å². The first-order valence-corrected chi connectivity index (χ1v) is 7.10. The Labute approximate surface area is 110 Å². The molecule has 1 N–H and O–H groups in total. The van der Waals surface area contributed by atoms with Gasteiger partial charge in [0, 0.05) is 26.7 Å². The van der Waals surface area contributed by atoms with Gasteiger partial charge in [-0.3, -0.25) is 4.31 Å². The van der Waals surface area contributed by atoms with Gasteiger partial charge in [0.25, 0.3) is 0 Å². The van der Waals surface area contributed by atoms with Crippen LogP contribution in [-0.4, -0.2) is 32.9 Å². The number of hydrogen-bond acceptors (Lipinski definition) is 3. The summed E-state index contributed by atoms with van der Waals surface area (Å²) in [6.07, 6.45) is 0. The second-order valence-corrected chi connectivity index (χ2v) is 6.21. The maximum Gasteiger partial charge on any atom is 0.303 e. The summed E-state index contributed by atoms with van der Waals surface area (Å²) in [5.41, 5.74) is 0.956. The highest BCUT2D eigenvalue weighted by molar-refractivity contribution is 7.90. The molecule has 18 heavy (non-hydrogen) atoms. The van der Waals surface area contributed by atoms with Crippen LogP contribution in [0.2, 0.25) is 0 Å². The van der Waals surface area contributed by atoms with Crippen LogP contribution in [0.15, 0.2) is 18.2 Å². The van der Waals surface area contributed by atoms with E-state index in [1.54, 1.807) is 0 Å². The van der Waals surface area contributed by atoms with Crippen molar-refractivity contribution < 1.29 is 12.8 Å². The molecular weight excluding hydrogens is 281 g/mol. The lowest BCUT2D eigenvalue weighted by Crippen LogP contribution is -2.31. The minimum Gasteiger partial charge on any atom is -0.256 e. The van der Waals surface area contributed by atoms with Crippen molar-refractivity contribution in [2.24, 2.45) is 0 Å². The Balaban J connectivity index is 2.47. The molecule has 100 valence electrons. The molecule has 5 nitrogen and oxygen atoms in total. The Hall–Kier alpha value is -0.890. The Morgan fingerprint density at radius 2 is 2.17 bits per heavy atom. The van der Waals surface area contributed by atoms with Gasteiger partial charge in [-0.2, -0.15) is 12.7 Å². The smallest absolute Gasteiger partial charge is 0.256 e. The van der Waals surface area contributed by atoms with Crippen molar-refractivity contribution in [3.63, 3.8) is 0 Å². The van der Waals surface area contributed by atoms with Crippen LogP contribution >= 0.6 is 11.8 Å². The van der Waals surface area contributed by atoms with E-state index in [1.807, 2.05) is 0 Å². The van der Waals surface area contributed by atoms with Crippen LogP contribution in [0.1, 0.15) is 5.56 Å². The highest BCUT2D eigenvalue weighted by Gasteiger charge is 2.35. The van der Waals surface area contributed by atoms with Crippen molar-refractivity contribution >= 4 is 27.7 Å². The van der Waals surface area contributed by atoms with Gasteiger partial charge in [0.05, 0.1) is 5.69 Å². The molecule has 1 aromatic carbocycles. The molecule has 0 bridgehead atoms. The number of rotatable bonds is 3. The molecule has 0 atom stereocenters. The molecule has 1 aliphatic rings. The lowest BCUT2D eigenvalue weighted by molar-refractivity contribution is 0.511. The fourth-order valence-electron chi connectivity index (χ4n) is 1.87. The van der Waals surface area contributed by atoms with E-state index in [4.69, 9.17) is 11.8 Å². The maximum atomic E-state index is 13.3. The van der Waals surface area contributed by atoms with Crippen molar-refractivity contribution in [3.05, 3.63) is 29.6 Å². The molecular formula is C10H13ClFN3O2S. The third-order valence-corrected chi connectivity index (χ3v) is 4.90. The van der Waals surface area contributed by atoms with Crippen LogP contribution in [0.25, 0.3) is 0 Å². The SMILES string of the molecule is CN1CCN(c2cc(F)ccc2CNCl)S1(=O)=O. The summed E-state index contributed by atoms with van der Waals surface area (Å²) in [4.78, 5) is 2.42. The molecule has 0 aliphatic carbocycles. The van der Waals surface area contributed by atoms with E-state index in [1.165, 1.54) is 33.9 Å². The molecule has 2 rings (SSSR count). The molecule has 0 amide bonds. The molecule has 1 aliphatic heterocycles. The van der Waals surface area contributed by atoms with Crippen molar-refractivity contribution in [1.82, 2.24) is 9.14 Å². The molecule has 1 fully saturated rings. The first-order valence-electron chi connectivity index (χ1n) is 5.32. The summed E-state index contributed by atoms with van der Waals surface area (Å²) < 4.78 is 39.8. The fraction of sp³-hybridized carbons (Fsp3) is 0.400. The number of likely N-dealkylation sites (N-methyl/N-ethyl adjacent to an activating group) is 1. The van der Waals surface area contributed by atoms with E-state index in [9.17, 15) is 12.8 Å². The van der Waals surface area contributed by atoms with Crippen molar-refractivity contribution in [2.45, 2.75) is 6.54 Å². The van der Waals surface area contributed by atoms with Crippen molar-refractivity contribution in [2.75, 3.05) is 24.4 Å². The van der Waals surface area contributed by atoms with E-state index in [2.05, 4.69) is 4.84 Å². The normalized spacial score (nSPS) is 19.4. The molecule has 0 saturated carbocycles. The van der Waals surface area contributed by atoms with E-state index >= 15 is 0 Å². The number of nitrogens with zero attached hydrogens (tertiary/aromatic N) is 2. The molecule has 1 aromatic rings. The van der Waals surface area contributed by atoms with Crippen LogP contribution in [0.3, 0.4) is 0 Å². The third kappa shape index (κ3) is 2.31. The first-order chi connectivity index (χ1) is 8.46. The number of hydrogen-bond donors (Lipinski definition) is 1. The van der Waals surface area contributed by atoms with Crippen LogP contribution in [0, 0.1) is 5.82 Å². The van der Waals surface area contributed by atoms with Gasteiger partial charge in [0.15, 0.2) is 0 Å². The predicted molar refractivity (Wildman–Crippen MR) is 68.0 cm³/mol. The quantitative estimate of drug-likeness (QED) is 0.848. The predicted octanol–water partition coefficient (Wildman–Crippen LogP) is 1.07. The molecule has 0 spiro atoms. The standard InChI is InChI=1S/C10H13ClFN3O2S/c1-14-4-5-15(18(14,16)17)10-6-9(12)3-2-8(10)7-13-11/h2-3,6,13H,4-5,7H2,1H3. The lowest BCUT2D eigenvalue weighted by Gasteiger charge is -2.21. The minimum atomic E-state index is -3.55. The van der Waals surface area contributed by atoms with Gasteiger partial charge in [0.1, 0.15) is 5.82 Å². The Morgan fingerprint density at radius 3 is 2.72 bits per heavy atom. The van der Waals surface area contributed by atoms with Crippen LogP contribution in [0.5, 0.6) is 0 Å². The average molecular weight is 294 g/mol. The maximum absolute atomic E-state index is 13.3. The highest BCUT2D eigenvalue weighted by Crippen LogP contribution is 2.28. The average Bonchev–Trinajstić information content (AvgIpc) is 2.57. The Kier molecular flexibility index (Phi) is 3.76. The summed E-state index contributed by atoms with van der Waals surface area (Å²) in [7, 11) is -2.05. The summed E-state index contributed by atoms with van der Waals surface area (Å²) in [6.45, 7) is 0.942. The zero-order valence-electron chi connectivity index (χ0n) is 9.73. The van der Waals surface area contributed by atoms with Crippen LogP contribution < -0.4 is 9.14 Å². The van der Waals surface area contributed by atoms with Gasteiger partial charge in [-0.25, -0.2) is 9.23 Å². The Bertz CT molecular complexity index is 552. The van der Waals surface area contributed by atoms with Crippen LogP contribution in [-0.2, 0) is 16.8 Å². The zero-order chi connectivity index (χ0) is 13.3. The van der Waals surface area contributed by atoms with Crippen molar-refractivity contribution in [1.29, 1.82) is 0 Å². The zero-order valence-corrected chi connectivity index (χ0v) is 11.3. The van der Waals surface area contributed by atoms with E-state index in [-0.39, 0.29) is 6.54 Å². The van der Waals surface area contributed by atoms with Gasteiger partial charge < -0.3 is 0 Å². The summed E-state index contributed by atoms with van der Waals surface area (Å²) in [5.74, 6) is -0.479. The number of nitrogens with one attached hydrogen (secondary N) is 1. The van der Waals surface area contributed by atoms with Gasteiger partial charge >= 0.3 is 10.2 Å². The van der Waals surface area contributed by atoms with Crippen molar-refractivity contribution in [3.8, 4) is 0 Å². The van der Waals surface area contributed by atoms with Gasteiger partial charge in [-0.15, -0.1) is 0 Å². The summed E-state index contributed by atoms with van der Waals surface area (Å²) in [6, 6.07) is 4.01. The van der Waals surface area contributed by atoms with Gasteiger partial charge in [-0.05, 0) is 29.5 Å². The molecule has 0 aromatic heterocycles. The van der Waals surface area contributed by atoms with E-state index < -0.39 is 16.0 Å². The molecule has 0 radical (unpaired) electrons. The number of anilines is 1. The Morgan fingerprint density at radius 1 is 1.44 bits per heavy atom. The molecule has 8 heteroatoms.